The second kappa shape index (κ2) is 7.38. The third-order valence-electron chi connectivity index (χ3n) is 3.59. The van der Waals surface area contributed by atoms with Crippen LogP contribution in [-0.2, 0) is 9.53 Å². The molecular formula is C16H23BrN2O2. The van der Waals surface area contributed by atoms with E-state index in [1.165, 1.54) is 0 Å². The van der Waals surface area contributed by atoms with Crippen LogP contribution in [0.1, 0.15) is 25.8 Å². The van der Waals surface area contributed by atoms with Crippen molar-refractivity contribution in [1.82, 2.24) is 4.90 Å². The van der Waals surface area contributed by atoms with Gasteiger partial charge in [-0.15, -0.1) is 0 Å². The minimum Gasteiger partial charge on any atom is -0.373 e. The highest BCUT2D eigenvalue weighted by molar-refractivity contribution is 9.10. The van der Waals surface area contributed by atoms with Crippen molar-refractivity contribution in [3.8, 4) is 0 Å². The molecule has 5 heteroatoms. The molecule has 21 heavy (non-hydrogen) atoms. The zero-order chi connectivity index (χ0) is 15.4. The molecule has 1 N–H and O–H groups in total. The van der Waals surface area contributed by atoms with Gasteiger partial charge in [0, 0.05) is 36.2 Å². The number of anilines is 1. The maximum absolute atomic E-state index is 12.0. The van der Waals surface area contributed by atoms with Crippen molar-refractivity contribution in [1.29, 1.82) is 0 Å². The molecule has 116 valence electrons. The van der Waals surface area contributed by atoms with Crippen molar-refractivity contribution in [3.05, 3.63) is 28.2 Å². The van der Waals surface area contributed by atoms with E-state index >= 15 is 0 Å². The van der Waals surface area contributed by atoms with Gasteiger partial charge in [-0.1, -0.05) is 15.9 Å². The van der Waals surface area contributed by atoms with E-state index in [2.05, 4.69) is 40.0 Å². The smallest absolute Gasteiger partial charge is 0.225 e. The van der Waals surface area contributed by atoms with E-state index in [1.54, 1.807) is 0 Å². The first-order valence-corrected chi connectivity index (χ1v) is 8.17. The molecule has 1 heterocycles. The van der Waals surface area contributed by atoms with Crippen LogP contribution in [0.25, 0.3) is 0 Å². The van der Waals surface area contributed by atoms with Crippen molar-refractivity contribution in [3.63, 3.8) is 0 Å². The SMILES string of the molecule is Cc1cc(NC(=O)CCN2C[C@@H](C)O[C@@H](C)C2)ccc1Br. The molecule has 0 aromatic heterocycles. The topological polar surface area (TPSA) is 41.6 Å². The van der Waals surface area contributed by atoms with Crippen LogP contribution in [0.15, 0.2) is 22.7 Å². The Balaban J connectivity index is 1.80. The highest BCUT2D eigenvalue weighted by Crippen LogP contribution is 2.20. The van der Waals surface area contributed by atoms with E-state index in [0.29, 0.717) is 6.42 Å². The Labute approximate surface area is 135 Å². The molecule has 0 radical (unpaired) electrons. The number of hydrogen-bond donors (Lipinski definition) is 1. The first-order valence-electron chi connectivity index (χ1n) is 7.38. The van der Waals surface area contributed by atoms with Gasteiger partial charge in [-0.3, -0.25) is 9.69 Å². The zero-order valence-electron chi connectivity index (χ0n) is 12.9. The summed E-state index contributed by atoms with van der Waals surface area (Å²) < 4.78 is 6.75. The standard InChI is InChI=1S/C16H23BrN2O2/c1-11-8-14(4-5-15(11)17)18-16(20)6-7-19-9-12(2)21-13(3)10-19/h4-5,8,12-13H,6-7,9-10H2,1-3H3,(H,18,20)/t12-,13+. The molecule has 1 aromatic carbocycles. The summed E-state index contributed by atoms with van der Waals surface area (Å²) in [7, 11) is 0. The van der Waals surface area contributed by atoms with Crippen LogP contribution in [0.3, 0.4) is 0 Å². The molecule has 0 unspecified atom stereocenters. The van der Waals surface area contributed by atoms with E-state index in [0.717, 1.165) is 35.4 Å². The summed E-state index contributed by atoms with van der Waals surface area (Å²) in [4.78, 5) is 14.3. The minimum absolute atomic E-state index is 0.0588. The molecule has 1 aliphatic rings. The van der Waals surface area contributed by atoms with Crippen LogP contribution in [0.4, 0.5) is 5.69 Å². The van der Waals surface area contributed by atoms with Crippen LogP contribution in [0, 0.1) is 6.92 Å². The summed E-state index contributed by atoms with van der Waals surface area (Å²) in [6.07, 6.45) is 0.992. The quantitative estimate of drug-likeness (QED) is 0.902. The Morgan fingerprint density at radius 2 is 2.05 bits per heavy atom. The fourth-order valence-corrected chi connectivity index (χ4v) is 2.92. The number of nitrogens with one attached hydrogen (secondary N) is 1. The molecular weight excluding hydrogens is 332 g/mol. The van der Waals surface area contributed by atoms with Crippen LogP contribution in [0.2, 0.25) is 0 Å². The molecule has 0 spiro atoms. The second-order valence-corrected chi connectivity index (χ2v) is 6.63. The Bertz CT molecular complexity index is 497. The Morgan fingerprint density at radius 1 is 1.38 bits per heavy atom. The van der Waals surface area contributed by atoms with Crippen LogP contribution in [0.5, 0.6) is 0 Å². The summed E-state index contributed by atoms with van der Waals surface area (Å²) in [6.45, 7) is 8.74. The van der Waals surface area contributed by atoms with E-state index in [-0.39, 0.29) is 18.1 Å². The second-order valence-electron chi connectivity index (χ2n) is 5.78. The number of hydrogen-bond acceptors (Lipinski definition) is 3. The van der Waals surface area contributed by atoms with Gasteiger partial charge in [0.1, 0.15) is 0 Å². The van der Waals surface area contributed by atoms with Gasteiger partial charge in [0.05, 0.1) is 12.2 Å². The number of morpholine rings is 1. The number of ether oxygens (including phenoxy) is 1. The zero-order valence-corrected chi connectivity index (χ0v) is 14.4. The summed E-state index contributed by atoms with van der Waals surface area (Å²) >= 11 is 3.46. The summed E-state index contributed by atoms with van der Waals surface area (Å²) in [6, 6.07) is 5.84. The van der Waals surface area contributed by atoms with Gasteiger partial charge in [0.15, 0.2) is 0 Å². The number of rotatable bonds is 4. The van der Waals surface area contributed by atoms with Gasteiger partial charge in [-0.2, -0.15) is 0 Å². The fourth-order valence-electron chi connectivity index (χ4n) is 2.67. The van der Waals surface area contributed by atoms with Crippen molar-refractivity contribution < 1.29 is 9.53 Å². The summed E-state index contributed by atoms with van der Waals surface area (Å²) in [5.74, 6) is 0.0588. The molecule has 1 aliphatic heterocycles. The normalized spacial score (nSPS) is 23.0. The average Bonchev–Trinajstić information content (AvgIpc) is 2.40. The largest absolute Gasteiger partial charge is 0.373 e. The van der Waals surface area contributed by atoms with Crippen molar-refractivity contribution in [2.24, 2.45) is 0 Å². The molecule has 1 saturated heterocycles. The number of aryl methyl sites for hydroxylation is 1. The lowest BCUT2D eigenvalue weighted by Crippen LogP contribution is -2.46. The van der Waals surface area contributed by atoms with Crippen LogP contribution >= 0.6 is 15.9 Å². The number of carbonyl (C=O) groups is 1. The molecule has 0 aliphatic carbocycles. The summed E-state index contributed by atoms with van der Waals surface area (Å²) in [5, 5.41) is 2.95. The van der Waals surface area contributed by atoms with Crippen LogP contribution < -0.4 is 5.32 Å². The predicted octanol–water partition coefficient (Wildman–Crippen LogP) is 3.20. The molecule has 1 aromatic rings. The number of nitrogens with zero attached hydrogens (tertiary/aromatic N) is 1. The highest BCUT2D eigenvalue weighted by Gasteiger charge is 2.22. The number of amides is 1. The lowest BCUT2D eigenvalue weighted by molar-refractivity contribution is -0.117. The van der Waals surface area contributed by atoms with Crippen molar-refractivity contribution in [2.45, 2.75) is 39.4 Å². The predicted molar refractivity (Wildman–Crippen MR) is 88.6 cm³/mol. The number of benzene rings is 1. The monoisotopic (exact) mass is 354 g/mol. The molecule has 0 bridgehead atoms. The van der Waals surface area contributed by atoms with Crippen molar-refractivity contribution >= 4 is 27.5 Å². The maximum Gasteiger partial charge on any atom is 0.225 e. The van der Waals surface area contributed by atoms with Gasteiger partial charge >= 0.3 is 0 Å². The molecule has 0 saturated carbocycles. The lowest BCUT2D eigenvalue weighted by atomic mass is 10.2. The Hall–Kier alpha value is -0.910. The number of carbonyl (C=O) groups excluding carboxylic acids is 1. The third kappa shape index (κ3) is 5.09. The van der Waals surface area contributed by atoms with E-state index < -0.39 is 0 Å². The molecule has 2 rings (SSSR count). The maximum atomic E-state index is 12.0. The average molecular weight is 355 g/mol. The first-order chi connectivity index (χ1) is 9.94. The lowest BCUT2D eigenvalue weighted by Gasteiger charge is -2.35. The van der Waals surface area contributed by atoms with E-state index in [4.69, 9.17) is 4.74 Å². The Morgan fingerprint density at radius 3 is 2.67 bits per heavy atom. The van der Waals surface area contributed by atoms with Gasteiger partial charge in [0.2, 0.25) is 5.91 Å². The molecule has 4 nitrogen and oxygen atoms in total. The molecule has 1 amide bonds. The number of halogens is 1. The molecule has 2 atom stereocenters. The highest BCUT2D eigenvalue weighted by atomic mass is 79.9. The minimum atomic E-state index is 0.0588. The fraction of sp³-hybridized carbons (Fsp3) is 0.562. The van der Waals surface area contributed by atoms with Crippen molar-refractivity contribution in [2.75, 3.05) is 25.0 Å². The van der Waals surface area contributed by atoms with E-state index in [1.807, 2.05) is 25.1 Å². The summed E-state index contributed by atoms with van der Waals surface area (Å²) in [5.41, 5.74) is 1.97. The van der Waals surface area contributed by atoms with E-state index in [9.17, 15) is 4.79 Å². The van der Waals surface area contributed by atoms with Gasteiger partial charge in [-0.05, 0) is 44.5 Å². The van der Waals surface area contributed by atoms with Gasteiger partial charge in [-0.25, -0.2) is 0 Å². The van der Waals surface area contributed by atoms with Gasteiger partial charge in [0.25, 0.3) is 0 Å². The van der Waals surface area contributed by atoms with Crippen LogP contribution in [-0.4, -0.2) is 42.6 Å². The first kappa shape index (κ1) is 16.5. The molecule has 1 fully saturated rings. The third-order valence-corrected chi connectivity index (χ3v) is 4.48. The Kier molecular flexibility index (Phi) is 5.79. The van der Waals surface area contributed by atoms with Gasteiger partial charge < -0.3 is 10.1 Å².